The number of benzene rings is 1. The fourth-order valence-electron chi connectivity index (χ4n) is 1.60. The van der Waals surface area contributed by atoms with Gasteiger partial charge in [-0.15, -0.1) is 0 Å². The van der Waals surface area contributed by atoms with Crippen LogP contribution in [0.15, 0.2) is 24.3 Å². The summed E-state index contributed by atoms with van der Waals surface area (Å²) in [6, 6.07) is 7.66. The first-order chi connectivity index (χ1) is 9.02. The van der Waals surface area contributed by atoms with E-state index in [0.717, 1.165) is 5.69 Å². The molecule has 106 valence electrons. The lowest BCUT2D eigenvalue weighted by atomic mass is 10.1. The van der Waals surface area contributed by atoms with Crippen LogP contribution in [0.2, 0.25) is 0 Å². The van der Waals surface area contributed by atoms with E-state index >= 15 is 0 Å². The number of primary amides is 1. The van der Waals surface area contributed by atoms with Gasteiger partial charge in [0.05, 0.1) is 12.6 Å². The number of anilines is 1. The van der Waals surface area contributed by atoms with Gasteiger partial charge in [0.25, 0.3) is 5.91 Å². The van der Waals surface area contributed by atoms with E-state index < -0.39 is 5.91 Å². The van der Waals surface area contributed by atoms with E-state index in [1.807, 2.05) is 12.1 Å². The maximum absolute atomic E-state index is 10.6. The highest BCUT2D eigenvalue weighted by molar-refractivity contribution is 5.75. The lowest BCUT2D eigenvalue weighted by molar-refractivity contribution is -0.119. The van der Waals surface area contributed by atoms with Crippen molar-refractivity contribution in [2.24, 2.45) is 11.7 Å². The van der Waals surface area contributed by atoms with Gasteiger partial charge < -0.3 is 20.5 Å². The zero-order chi connectivity index (χ0) is 14.3. The first-order valence-corrected chi connectivity index (χ1v) is 6.29. The largest absolute Gasteiger partial charge is 0.484 e. The maximum atomic E-state index is 10.6. The van der Waals surface area contributed by atoms with Gasteiger partial charge in [0, 0.05) is 12.8 Å². The second-order valence-electron chi connectivity index (χ2n) is 4.73. The van der Waals surface area contributed by atoms with Gasteiger partial charge in [0.1, 0.15) is 5.75 Å². The number of rotatable bonds is 8. The predicted molar refractivity (Wildman–Crippen MR) is 75.3 cm³/mol. The summed E-state index contributed by atoms with van der Waals surface area (Å²) < 4.78 is 10.4. The van der Waals surface area contributed by atoms with Crippen molar-refractivity contribution < 1.29 is 14.3 Å². The normalized spacial score (nSPS) is 12.2. The molecule has 0 aliphatic heterocycles. The van der Waals surface area contributed by atoms with Crippen molar-refractivity contribution in [1.29, 1.82) is 0 Å². The van der Waals surface area contributed by atoms with Crippen molar-refractivity contribution >= 4 is 11.6 Å². The van der Waals surface area contributed by atoms with E-state index in [1.165, 1.54) is 0 Å². The minimum Gasteiger partial charge on any atom is -0.484 e. The van der Waals surface area contributed by atoms with Crippen LogP contribution in [0.4, 0.5) is 5.69 Å². The molecular formula is C14H22N2O3. The Balaban J connectivity index is 2.57. The highest BCUT2D eigenvalue weighted by Crippen LogP contribution is 2.18. The first-order valence-electron chi connectivity index (χ1n) is 6.29. The molecular weight excluding hydrogens is 244 g/mol. The zero-order valence-corrected chi connectivity index (χ0v) is 11.7. The van der Waals surface area contributed by atoms with E-state index in [1.54, 1.807) is 19.2 Å². The van der Waals surface area contributed by atoms with Crippen molar-refractivity contribution in [2.75, 3.05) is 25.6 Å². The van der Waals surface area contributed by atoms with Gasteiger partial charge in [-0.1, -0.05) is 13.8 Å². The molecule has 1 amide bonds. The van der Waals surface area contributed by atoms with Gasteiger partial charge in [-0.3, -0.25) is 4.79 Å². The van der Waals surface area contributed by atoms with Gasteiger partial charge in [0.2, 0.25) is 0 Å². The average Bonchev–Trinajstić information content (AvgIpc) is 2.37. The van der Waals surface area contributed by atoms with E-state index in [4.69, 9.17) is 15.2 Å². The lowest BCUT2D eigenvalue weighted by Gasteiger charge is -2.22. The molecule has 0 saturated heterocycles. The second kappa shape index (κ2) is 7.63. The Kier molecular flexibility index (Phi) is 6.15. The van der Waals surface area contributed by atoms with Gasteiger partial charge in [-0.25, -0.2) is 0 Å². The predicted octanol–water partition coefficient (Wildman–Crippen LogP) is 1.63. The Bertz CT molecular complexity index is 390. The van der Waals surface area contributed by atoms with Crippen LogP contribution in [0.25, 0.3) is 0 Å². The minimum atomic E-state index is -0.484. The number of carbonyl (C=O) groups is 1. The quantitative estimate of drug-likeness (QED) is 0.750. The van der Waals surface area contributed by atoms with Crippen molar-refractivity contribution in [3.8, 4) is 5.75 Å². The number of carbonyl (C=O) groups excluding carboxylic acids is 1. The maximum Gasteiger partial charge on any atom is 0.255 e. The molecule has 0 fully saturated rings. The molecule has 0 heterocycles. The Hall–Kier alpha value is -1.75. The van der Waals surface area contributed by atoms with Crippen molar-refractivity contribution in [2.45, 2.75) is 19.9 Å². The molecule has 1 rings (SSSR count). The standard InChI is InChI=1S/C14H22N2O3/c1-10(2)13(8-18-3)16-11-4-6-12(7-5-11)19-9-14(15)17/h4-7,10,13,16H,8-9H2,1-3H3,(H2,15,17). The molecule has 3 N–H and O–H groups in total. The van der Waals surface area contributed by atoms with Crippen LogP contribution in [0, 0.1) is 5.92 Å². The third-order valence-corrected chi connectivity index (χ3v) is 2.74. The molecule has 0 bridgehead atoms. The summed E-state index contributed by atoms with van der Waals surface area (Å²) in [5.74, 6) is 0.602. The van der Waals surface area contributed by atoms with Gasteiger partial charge >= 0.3 is 0 Å². The molecule has 1 atom stereocenters. The third kappa shape index (κ3) is 5.61. The molecule has 1 unspecified atom stereocenters. The monoisotopic (exact) mass is 266 g/mol. The van der Waals surface area contributed by atoms with Crippen molar-refractivity contribution in [3.05, 3.63) is 24.3 Å². The summed E-state index contributed by atoms with van der Waals surface area (Å²) in [7, 11) is 1.69. The summed E-state index contributed by atoms with van der Waals surface area (Å²) >= 11 is 0. The van der Waals surface area contributed by atoms with Crippen molar-refractivity contribution in [3.63, 3.8) is 0 Å². The number of methoxy groups -OCH3 is 1. The van der Waals surface area contributed by atoms with Crippen LogP contribution in [-0.2, 0) is 9.53 Å². The van der Waals surface area contributed by atoms with Gasteiger partial charge in [-0.05, 0) is 30.2 Å². The van der Waals surface area contributed by atoms with E-state index in [9.17, 15) is 4.79 Å². The number of hydrogen-bond donors (Lipinski definition) is 2. The molecule has 0 aliphatic carbocycles. The van der Waals surface area contributed by atoms with Crippen LogP contribution in [0.1, 0.15) is 13.8 Å². The van der Waals surface area contributed by atoms with Crippen LogP contribution >= 0.6 is 0 Å². The Morgan fingerprint density at radius 1 is 1.32 bits per heavy atom. The number of amides is 1. The van der Waals surface area contributed by atoms with E-state index in [-0.39, 0.29) is 12.6 Å². The Morgan fingerprint density at radius 3 is 2.42 bits per heavy atom. The first kappa shape index (κ1) is 15.3. The molecule has 1 aromatic carbocycles. The third-order valence-electron chi connectivity index (χ3n) is 2.74. The van der Waals surface area contributed by atoms with Gasteiger partial charge in [0.15, 0.2) is 6.61 Å². The summed E-state index contributed by atoms with van der Waals surface area (Å²) in [4.78, 5) is 10.6. The minimum absolute atomic E-state index is 0.106. The second-order valence-corrected chi connectivity index (χ2v) is 4.73. The highest BCUT2D eigenvalue weighted by Gasteiger charge is 2.12. The molecule has 5 nitrogen and oxygen atoms in total. The summed E-state index contributed by atoms with van der Waals surface area (Å²) in [5, 5.41) is 3.40. The fraction of sp³-hybridized carbons (Fsp3) is 0.500. The summed E-state index contributed by atoms with van der Waals surface area (Å²) in [6.45, 7) is 4.82. The van der Waals surface area contributed by atoms with E-state index in [0.29, 0.717) is 18.3 Å². The molecule has 0 saturated carbocycles. The molecule has 0 aliphatic rings. The number of nitrogens with one attached hydrogen (secondary N) is 1. The highest BCUT2D eigenvalue weighted by atomic mass is 16.5. The molecule has 0 aromatic heterocycles. The fourth-order valence-corrected chi connectivity index (χ4v) is 1.60. The average molecular weight is 266 g/mol. The van der Waals surface area contributed by atoms with Crippen LogP contribution in [-0.4, -0.2) is 32.3 Å². The van der Waals surface area contributed by atoms with Crippen LogP contribution in [0.3, 0.4) is 0 Å². The van der Waals surface area contributed by atoms with Crippen LogP contribution < -0.4 is 15.8 Å². The molecule has 5 heteroatoms. The van der Waals surface area contributed by atoms with E-state index in [2.05, 4.69) is 19.2 Å². The Morgan fingerprint density at radius 2 is 1.95 bits per heavy atom. The van der Waals surface area contributed by atoms with Gasteiger partial charge in [-0.2, -0.15) is 0 Å². The SMILES string of the molecule is COCC(Nc1ccc(OCC(N)=O)cc1)C(C)C. The number of hydrogen-bond acceptors (Lipinski definition) is 4. The summed E-state index contributed by atoms with van der Waals surface area (Å²) in [5.41, 5.74) is 6.00. The molecule has 0 radical (unpaired) electrons. The molecule has 0 spiro atoms. The van der Waals surface area contributed by atoms with Crippen molar-refractivity contribution in [1.82, 2.24) is 0 Å². The molecule has 1 aromatic rings. The number of nitrogens with two attached hydrogens (primary N) is 1. The summed E-state index contributed by atoms with van der Waals surface area (Å²) in [6.07, 6.45) is 0. The lowest BCUT2D eigenvalue weighted by Crippen LogP contribution is -2.30. The zero-order valence-electron chi connectivity index (χ0n) is 11.7. The number of ether oxygens (including phenoxy) is 2. The van der Waals surface area contributed by atoms with Crippen LogP contribution in [0.5, 0.6) is 5.75 Å². The Labute approximate surface area is 114 Å². The molecule has 19 heavy (non-hydrogen) atoms. The smallest absolute Gasteiger partial charge is 0.255 e. The topological polar surface area (TPSA) is 73.6 Å².